The maximum atomic E-state index is 11.5. The number of aliphatic hydroxyl groups is 1. The molecule has 1 rings (SSSR count). The van der Waals surface area contributed by atoms with Crippen LogP contribution in [0, 0.1) is 0 Å². The van der Waals surface area contributed by atoms with E-state index >= 15 is 0 Å². The molecule has 2 N–H and O–H groups in total. The fourth-order valence-corrected chi connectivity index (χ4v) is 2.26. The number of methoxy groups -OCH3 is 1. The molecule has 0 aromatic carbocycles. The van der Waals surface area contributed by atoms with E-state index in [1.165, 1.54) is 7.11 Å². The molecular formula is C11H21NO3S. The summed E-state index contributed by atoms with van der Waals surface area (Å²) in [5.41, 5.74) is 0. The summed E-state index contributed by atoms with van der Waals surface area (Å²) in [6.45, 7) is 3.72. The van der Waals surface area contributed by atoms with Crippen LogP contribution in [0.3, 0.4) is 0 Å². The molecule has 0 amide bonds. The average molecular weight is 247 g/mol. The predicted octanol–water partition coefficient (Wildman–Crippen LogP) is 0.782. The minimum absolute atomic E-state index is 0.133. The van der Waals surface area contributed by atoms with Gasteiger partial charge in [-0.15, -0.1) is 0 Å². The van der Waals surface area contributed by atoms with Crippen LogP contribution in [0.5, 0.6) is 0 Å². The van der Waals surface area contributed by atoms with E-state index in [1.54, 1.807) is 18.7 Å². The first-order valence-corrected chi connectivity index (χ1v) is 6.73. The maximum Gasteiger partial charge on any atom is 0.323 e. The Kier molecular flexibility index (Phi) is 5.58. The number of carbonyl (C=O) groups excluding carboxylic acids is 1. The first-order valence-electron chi connectivity index (χ1n) is 5.68. The number of nitrogens with one attached hydrogen (secondary N) is 1. The van der Waals surface area contributed by atoms with Crippen molar-refractivity contribution in [2.45, 2.75) is 50.1 Å². The summed E-state index contributed by atoms with van der Waals surface area (Å²) >= 11 is 1.59. The molecule has 0 aromatic heterocycles. The zero-order valence-corrected chi connectivity index (χ0v) is 10.9. The zero-order valence-electron chi connectivity index (χ0n) is 10.1. The van der Waals surface area contributed by atoms with E-state index < -0.39 is 0 Å². The van der Waals surface area contributed by atoms with Crippen molar-refractivity contribution >= 4 is 17.7 Å². The topological polar surface area (TPSA) is 58.6 Å². The summed E-state index contributed by atoms with van der Waals surface area (Å²) in [4.78, 5) is 11.5. The number of rotatable bonds is 7. The fraction of sp³-hybridized carbons (Fsp3) is 0.909. The van der Waals surface area contributed by atoms with E-state index in [9.17, 15) is 9.90 Å². The third-order valence-electron chi connectivity index (χ3n) is 2.71. The summed E-state index contributed by atoms with van der Waals surface area (Å²) in [5.74, 6) is 0.437. The number of esters is 1. The van der Waals surface area contributed by atoms with E-state index in [-0.39, 0.29) is 23.4 Å². The third kappa shape index (κ3) is 4.72. The van der Waals surface area contributed by atoms with Gasteiger partial charge in [-0.25, -0.2) is 0 Å². The SMILES string of the molecule is COC(=O)C(CSC(C)C(C)O)NC1CC1. The van der Waals surface area contributed by atoms with Gasteiger partial charge in [-0.05, 0) is 19.8 Å². The molecule has 1 saturated carbocycles. The minimum atomic E-state index is -0.357. The minimum Gasteiger partial charge on any atom is -0.468 e. The van der Waals surface area contributed by atoms with Gasteiger partial charge in [0.1, 0.15) is 6.04 Å². The number of carbonyl (C=O) groups is 1. The van der Waals surface area contributed by atoms with Gasteiger partial charge in [-0.3, -0.25) is 4.79 Å². The third-order valence-corrected chi connectivity index (χ3v) is 4.15. The second kappa shape index (κ2) is 6.47. The van der Waals surface area contributed by atoms with Gasteiger partial charge in [0.2, 0.25) is 0 Å². The highest BCUT2D eigenvalue weighted by molar-refractivity contribution is 8.00. The largest absolute Gasteiger partial charge is 0.468 e. The maximum absolute atomic E-state index is 11.5. The molecule has 4 nitrogen and oxygen atoms in total. The highest BCUT2D eigenvalue weighted by atomic mass is 32.2. The second-order valence-corrected chi connectivity index (χ2v) is 5.71. The van der Waals surface area contributed by atoms with Crippen LogP contribution in [0.25, 0.3) is 0 Å². The Labute approximate surface area is 101 Å². The molecule has 1 aliphatic carbocycles. The van der Waals surface area contributed by atoms with E-state index in [2.05, 4.69) is 5.32 Å². The number of aliphatic hydroxyl groups excluding tert-OH is 1. The van der Waals surface area contributed by atoms with Crippen LogP contribution in [0.1, 0.15) is 26.7 Å². The summed E-state index contributed by atoms with van der Waals surface area (Å²) in [6.07, 6.45) is 1.93. The van der Waals surface area contributed by atoms with Crippen molar-refractivity contribution in [1.82, 2.24) is 5.32 Å². The molecule has 0 heterocycles. The Bertz CT molecular complexity index is 231. The molecular weight excluding hydrogens is 226 g/mol. The summed E-state index contributed by atoms with van der Waals surface area (Å²) < 4.78 is 4.76. The van der Waals surface area contributed by atoms with Crippen molar-refractivity contribution < 1.29 is 14.6 Å². The summed E-state index contributed by atoms with van der Waals surface area (Å²) in [5, 5.41) is 12.8. The molecule has 1 aliphatic rings. The van der Waals surface area contributed by atoms with E-state index in [1.807, 2.05) is 6.92 Å². The second-order valence-electron chi connectivity index (χ2n) is 4.30. The molecule has 0 spiro atoms. The molecule has 0 bridgehead atoms. The Morgan fingerprint density at radius 1 is 1.56 bits per heavy atom. The number of thioether (sulfide) groups is 1. The lowest BCUT2D eigenvalue weighted by Gasteiger charge is -2.19. The van der Waals surface area contributed by atoms with Crippen molar-refractivity contribution in [3.8, 4) is 0 Å². The van der Waals surface area contributed by atoms with E-state index in [0.29, 0.717) is 11.8 Å². The van der Waals surface area contributed by atoms with Gasteiger partial charge in [0, 0.05) is 17.0 Å². The molecule has 94 valence electrons. The van der Waals surface area contributed by atoms with Crippen LogP contribution >= 0.6 is 11.8 Å². The molecule has 1 fully saturated rings. The number of hydrogen-bond donors (Lipinski definition) is 2. The van der Waals surface area contributed by atoms with Crippen molar-refractivity contribution in [1.29, 1.82) is 0 Å². The highest BCUT2D eigenvalue weighted by Gasteiger charge is 2.29. The monoisotopic (exact) mass is 247 g/mol. The highest BCUT2D eigenvalue weighted by Crippen LogP contribution is 2.22. The Balaban J connectivity index is 2.33. The molecule has 3 atom stereocenters. The standard InChI is InChI=1S/C11H21NO3S/c1-7(13)8(2)16-6-10(11(14)15-3)12-9-4-5-9/h7-10,12-13H,4-6H2,1-3H3. The van der Waals surface area contributed by atoms with Gasteiger partial charge in [0.05, 0.1) is 13.2 Å². The smallest absolute Gasteiger partial charge is 0.323 e. The van der Waals surface area contributed by atoms with Gasteiger partial charge in [0.15, 0.2) is 0 Å². The van der Waals surface area contributed by atoms with Crippen molar-refractivity contribution in [2.75, 3.05) is 12.9 Å². The van der Waals surface area contributed by atoms with Crippen LogP contribution in [-0.4, -0.2) is 47.4 Å². The summed E-state index contributed by atoms with van der Waals surface area (Å²) in [7, 11) is 1.41. The van der Waals surface area contributed by atoms with Gasteiger partial charge < -0.3 is 15.2 Å². The first kappa shape index (κ1) is 13.8. The lowest BCUT2D eigenvalue weighted by molar-refractivity contribution is -0.142. The summed E-state index contributed by atoms with van der Waals surface area (Å²) in [6, 6.07) is 0.232. The van der Waals surface area contributed by atoms with Crippen LogP contribution in [-0.2, 0) is 9.53 Å². The molecule has 0 saturated heterocycles. The van der Waals surface area contributed by atoms with Crippen LogP contribution in [0.15, 0.2) is 0 Å². The van der Waals surface area contributed by atoms with Crippen molar-refractivity contribution in [3.05, 3.63) is 0 Å². The lowest BCUT2D eigenvalue weighted by atomic mass is 10.3. The van der Waals surface area contributed by atoms with Gasteiger partial charge in [-0.2, -0.15) is 11.8 Å². The molecule has 3 unspecified atom stereocenters. The molecule has 16 heavy (non-hydrogen) atoms. The van der Waals surface area contributed by atoms with Crippen LogP contribution in [0.4, 0.5) is 0 Å². The Hall–Kier alpha value is -0.260. The molecule has 0 radical (unpaired) electrons. The van der Waals surface area contributed by atoms with Gasteiger partial charge >= 0.3 is 5.97 Å². The van der Waals surface area contributed by atoms with Crippen LogP contribution in [0.2, 0.25) is 0 Å². The molecule has 0 aliphatic heterocycles. The van der Waals surface area contributed by atoms with Crippen molar-refractivity contribution in [2.24, 2.45) is 0 Å². The lowest BCUT2D eigenvalue weighted by Crippen LogP contribution is -2.41. The van der Waals surface area contributed by atoms with Crippen LogP contribution < -0.4 is 5.32 Å². The quantitative estimate of drug-likeness (QED) is 0.651. The normalized spacial score (nSPS) is 21.2. The predicted molar refractivity (Wildman–Crippen MR) is 65.6 cm³/mol. The molecule has 0 aromatic rings. The Morgan fingerprint density at radius 3 is 2.62 bits per heavy atom. The number of hydrogen-bond acceptors (Lipinski definition) is 5. The zero-order chi connectivity index (χ0) is 12.1. The van der Waals surface area contributed by atoms with E-state index in [0.717, 1.165) is 12.8 Å². The van der Waals surface area contributed by atoms with Gasteiger partial charge in [-0.1, -0.05) is 6.92 Å². The average Bonchev–Trinajstić information content (AvgIpc) is 3.06. The number of ether oxygens (including phenoxy) is 1. The Morgan fingerprint density at radius 2 is 2.19 bits per heavy atom. The molecule has 5 heteroatoms. The van der Waals surface area contributed by atoms with Crippen molar-refractivity contribution in [3.63, 3.8) is 0 Å². The fourth-order valence-electron chi connectivity index (χ4n) is 1.25. The van der Waals surface area contributed by atoms with Gasteiger partial charge in [0.25, 0.3) is 0 Å². The first-order chi connectivity index (χ1) is 7.54. The van der Waals surface area contributed by atoms with E-state index in [4.69, 9.17) is 4.74 Å².